The number of likely N-dealkylation sites (N-methyl/N-ethyl adjacent to an activating group) is 2. The van der Waals surface area contributed by atoms with Crippen LogP contribution in [0.1, 0.15) is 19.4 Å². The van der Waals surface area contributed by atoms with Gasteiger partial charge in [0, 0.05) is 33.2 Å². The SMILES string of the molecule is CCN(Cc1ccccc1)C(=O)CN1C[C@H]2CN(C)C(=O)[C@H](C)N2C1=O. The number of fused-ring (bicyclic) bond motifs is 1. The molecule has 0 spiro atoms. The van der Waals surface area contributed by atoms with Gasteiger partial charge in [0.2, 0.25) is 11.8 Å². The summed E-state index contributed by atoms with van der Waals surface area (Å²) in [4.78, 5) is 44.2. The van der Waals surface area contributed by atoms with E-state index in [2.05, 4.69) is 0 Å². The van der Waals surface area contributed by atoms with Crippen LogP contribution in [0.5, 0.6) is 0 Å². The molecule has 2 fully saturated rings. The predicted octanol–water partition coefficient (Wildman–Crippen LogP) is 1.00. The van der Waals surface area contributed by atoms with Gasteiger partial charge >= 0.3 is 6.03 Å². The molecule has 2 aliphatic heterocycles. The van der Waals surface area contributed by atoms with Crippen LogP contribution in [-0.2, 0) is 16.1 Å². The van der Waals surface area contributed by atoms with Crippen LogP contribution < -0.4 is 0 Å². The van der Waals surface area contributed by atoms with Gasteiger partial charge < -0.3 is 19.6 Å². The van der Waals surface area contributed by atoms with Crippen LogP contribution in [0.4, 0.5) is 4.79 Å². The summed E-state index contributed by atoms with van der Waals surface area (Å²) in [5, 5.41) is 0. The van der Waals surface area contributed by atoms with E-state index in [0.717, 1.165) is 5.56 Å². The average Bonchev–Trinajstić information content (AvgIpc) is 2.93. The zero-order chi connectivity index (χ0) is 18.8. The van der Waals surface area contributed by atoms with E-state index in [-0.39, 0.29) is 30.4 Å². The highest BCUT2D eigenvalue weighted by atomic mass is 16.2. The van der Waals surface area contributed by atoms with Gasteiger partial charge in [-0.15, -0.1) is 0 Å². The Bertz CT molecular complexity index is 693. The number of urea groups is 1. The fraction of sp³-hybridized carbons (Fsp3) is 0.526. The molecule has 0 radical (unpaired) electrons. The topological polar surface area (TPSA) is 64.2 Å². The Morgan fingerprint density at radius 3 is 2.54 bits per heavy atom. The lowest BCUT2D eigenvalue weighted by Crippen LogP contribution is -2.58. The van der Waals surface area contributed by atoms with Crippen LogP contribution in [0.25, 0.3) is 0 Å². The fourth-order valence-electron chi connectivity index (χ4n) is 3.79. The Kier molecular flexibility index (Phi) is 5.15. The summed E-state index contributed by atoms with van der Waals surface area (Å²) < 4.78 is 0. The summed E-state index contributed by atoms with van der Waals surface area (Å²) >= 11 is 0. The maximum absolute atomic E-state index is 12.7. The molecule has 0 aliphatic carbocycles. The number of benzene rings is 1. The quantitative estimate of drug-likeness (QED) is 0.789. The van der Waals surface area contributed by atoms with E-state index < -0.39 is 6.04 Å². The maximum atomic E-state index is 12.7. The smallest absolute Gasteiger partial charge is 0.321 e. The van der Waals surface area contributed by atoms with Crippen molar-refractivity contribution >= 4 is 17.8 Å². The van der Waals surface area contributed by atoms with Crippen molar-refractivity contribution in [3.63, 3.8) is 0 Å². The molecule has 2 saturated heterocycles. The van der Waals surface area contributed by atoms with Crippen molar-refractivity contribution in [2.24, 2.45) is 0 Å². The lowest BCUT2D eigenvalue weighted by molar-refractivity contribution is -0.139. The Morgan fingerprint density at radius 1 is 1.19 bits per heavy atom. The predicted molar refractivity (Wildman–Crippen MR) is 97.2 cm³/mol. The molecule has 0 N–H and O–H groups in total. The Balaban J connectivity index is 1.65. The van der Waals surface area contributed by atoms with E-state index in [1.54, 1.807) is 33.6 Å². The van der Waals surface area contributed by atoms with Crippen molar-refractivity contribution in [2.45, 2.75) is 32.5 Å². The van der Waals surface area contributed by atoms with Crippen LogP contribution in [-0.4, -0.2) is 82.8 Å². The van der Waals surface area contributed by atoms with Crippen LogP contribution in [0.3, 0.4) is 0 Å². The van der Waals surface area contributed by atoms with E-state index >= 15 is 0 Å². The number of hydrogen-bond acceptors (Lipinski definition) is 3. The molecule has 0 aromatic heterocycles. The summed E-state index contributed by atoms with van der Waals surface area (Å²) in [6.07, 6.45) is 0. The summed E-state index contributed by atoms with van der Waals surface area (Å²) in [6.45, 7) is 5.85. The first-order valence-corrected chi connectivity index (χ1v) is 9.06. The van der Waals surface area contributed by atoms with Gasteiger partial charge in [-0.05, 0) is 19.4 Å². The highest BCUT2D eigenvalue weighted by Gasteiger charge is 2.47. The molecule has 26 heavy (non-hydrogen) atoms. The van der Waals surface area contributed by atoms with Crippen molar-refractivity contribution in [2.75, 3.05) is 33.2 Å². The number of piperazine rings is 1. The van der Waals surface area contributed by atoms with Crippen LogP contribution >= 0.6 is 0 Å². The Hall–Kier alpha value is -2.57. The van der Waals surface area contributed by atoms with E-state index in [0.29, 0.717) is 26.2 Å². The number of carbonyl (C=O) groups excluding carboxylic acids is 3. The van der Waals surface area contributed by atoms with Gasteiger partial charge in [0.1, 0.15) is 12.6 Å². The van der Waals surface area contributed by atoms with E-state index in [1.165, 1.54) is 0 Å². The number of carbonyl (C=O) groups is 3. The second-order valence-electron chi connectivity index (χ2n) is 7.01. The highest BCUT2D eigenvalue weighted by Crippen LogP contribution is 2.25. The van der Waals surface area contributed by atoms with Gasteiger partial charge in [-0.25, -0.2) is 4.79 Å². The minimum atomic E-state index is -0.474. The molecule has 7 nitrogen and oxygen atoms in total. The zero-order valence-electron chi connectivity index (χ0n) is 15.6. The number of hydrogen-bond donors (Lipinski definition) is 0. The summed E-state index contributed by atoms with van der Waals surface area (Å²) in [5.74, 6) is -0.126. The minimum absolute atomic E-state index is 0.0443. The van der Waals surface area contributed by atoms with Crippen molar-refractivity contribution in [1.82, 2.24) is 19.6 Å². The Labute approximate surface area is 154 Å². The first-order chi connectivity index (χ1) is 12.4. The number of nitrogens with zero attached hydrogens (tertiary/aromatic N) is 4. The molecule has 3 rings (SSSR count). The van der Waals surface area contributed by atoms with Crippen molar-refractivity contribution < 1.29 is 14.4 Å². The maximum Gasteiger partial charge on any atom is 0.321 e. The molecule has 1 aromatic carbocycles. The van der Waals surface area contributed by atoms with E-state index in [4.69, 9.17) is 0 Å². The van der Waals surface area contributed by atoms with Gasteiger partial charge in [-0.3, -0.25) is 9.59 Å². The van der Waals surface area contributed by atoms with Gasteiger partial charge in [0.05, 0.1) is 6.04 Å². The molecule has 2 aliphatic rings. The van der Waals surface area contributed by atoms with Crippen LogP contribution in [0.15, 0.2) is 30.3 Å². The molecule has 7 heteroatoms. The lowest BCUT2D eigenvalue weighted by Gasteiger charge is -2.38. The van der Waals surface area contributed by atoms with Gasteiger partial charge in [0.15, 0.2) is 0 Å². The Morgan fingerprint density at radius 2 is 1.88 bits per heavy atom. The van der Waals surface area contributed by atoms with Gasteiger partial charge in [-0.1, -0.05) is 30.3 Å². The first kappa shape index (κ1) is 18.2. The molecule has 0 saturated carbocycles. The number of rotatable bonds is 5. The second-order valence-corrected chi connectivity index (χ2v) is 7.01. The third-order valence-electron chi connectivity index (χ3n) is 5.23. The standard InChI is InChI=1S/C19H26N4O3/c1-4-21(10-15-8-6-5-7-9-15)17(24)13-22-12-16-11-20(3)18(25)14(2)23(16)19(22)26/h5-9,14,16H,4,10-13H2,1-3H3/t14-,16+/m0/s1. The molecular formula is C19H26N4O3. The average molecular weight is 358 g/mol. The van der Waals surface area contributed by atoms with E-state index in [1.807, 2.05) is 37.3 Å². The van der Waals surface area contributed by atoms with Gasteiger partial charge in [-0.2, -0.15) is 0 Å². The van der Waals surface area contributed by atoms with Crippen LogP contribution in [0, 0.1) is 0 Å². The monoisotopic (exact) mass is 358 g/mol. The molecule has 2 atom stereocenters. The summed E-state index contributed by atoms with van der Waals surface area (Å²) in [5.41, 5.74) is 1.06. The molecule has 2 heterocycles. The largest absolute Gasteiger partial charge is 0.342 e. The summed E-state index contributed by atoms with van der Waals surface area (Å²) in [6, 6.07) is 9.08. The fourth-order valence-corrected chi connectivity index (χ4v) is 3.79. The normalized spacial score (nSPS) is 22.7. The van der Waals surface area contributed by atoms with Crippen LogP contribution in [0.2, 0.25) is 0 Å². The van der Waals surface area contributed by atoms with Crippen molar-refractivity contribution in [3.05, 3.63) is 35.9 Å². The third kappa shape index (κ3) is 3.38. The zero-order valence-corrected chi connectivity index (χ0v) is 15.6. The molecule has 1 aromatic rings. The number of amides is 4. The van der Waals surface area contributed by atoms with E-state index in [9.17, 15) is 14.4 Å². The van der Waals surface area contributed by atoms with Crippen molar-refractivity contribution in [3.8, 4) is 0 Å². The van der Waals surface area contributed by atoms with Crippen molar-refractivity contribution in [1.29, 1.82) is 0 Å². The highest BCUT2D eigenvalue weighted by molar-refractivity contribution is 5.91. The second kappa shape index (κ2) is 7.35. The molecule has 4 amide bonds. The van der Waals surface area contributed by atoms with Gasteiger partial charge in [0.25, 0.3) is 0 Å². The molecular weight excluding hydrogens is 332 g/mol. The lowest BCUT2D eigenvalue weighted by atomic mass is 10.1. The molecule has 0 unspecified atom stereocenters. The minimum Gasteiger partial charge on any atom is -0.342 e. The third-order valence-corrected chi connectivity index (χ3v) is 5.23. The molecule has 0 bridgehead atoms. The first-order valence-electron chi connectivity index (χ1n) is 9.06. The molecule has 140 valence electrons. The summed E-state index contributed by atoms with van der Waals surface area (Å²) in [7, 11) is 1.76.